The summed E-state index contributed by atoms with van der Waals surface area (Å²) in [6, 6.07) is 8.35. The average Bonchev–Trinajstić information content (AvgIpc) is 2.43. The van der Waals surface area contributed by atoms with Crippen molar-refractivity contribution >= 4 is 17.3 Å². The Labute approximate surface area is 125 Å². The van der Waals surface area contributed by atoms with E-state index in [4.69, 9.17) is 16.3 Å². The van der Waals surface area contributed by atoms with Gasteiger partial charge in [-0.15, -0.1) is 0 Å². The van der Waals surface area contributed by atoms with Crippen molar-refractivity contribution in [3.8, 4) is 11.5 Å². The normalized spacial score (nSPS) is 10.4. The number of nitro benzene ring substituents is 1. The molecule has 0 aliphatic carbocycles. The third kappa shape index (κ3) is 3.68. The first-order valence-corrected chi connectivity index (χ1v) is 6.44. The summed E-state index contributed by atoms with van der Waals surface area (Å²) in [5.41, 5.74) is 0.425. The molecular formula is C14H12ClFN2O3. The SMILES string of the molecule is CNCc1ccc(Oc2ccc(Cl)cc2[N+](=O)[O-])c(F)c1. The van der Waals surface area contributed by atoms with Gasteiger partial charge in [-0.25, -0.2) is 4.39 Å². The summed E-state index contributed by atoms with van der Waals surface area (Å²) in [5, 5.41) is 14.1. The lowest BCUT2D eigenvalue weighted by Crippen LogP contribution is -2.05. The third-order valence-electron chi connectivity index (χ3n) is 2.71. The zero-order chi connectivity index (χ0) is 15.4. The highest BCUT2D eigenvalue weighted by Gasteiger charge is 2.18. The molecule has 0 amide bonds. The Bertz CT molecular complexity index is 679. The van der Waals surface area contributed by atoms with Crippen LogP contribution >= 0.6 is 11.6 Å². The molecule has 0 atom stereocenters. The number of halogens is 2. The maximum absolute atomic E-state index is 13.9. The fourth-order valence-electron chi connectivity index (χ4n) is 1.78. The van der Waals surface area contributed by atoms with Gasteiger partial charge < -0.3 is 10.1 Å². The van der Waals surface area contributed by atoms with E-state index in [-0.39, 0.29) is 22.2 Å². The molecule has 1 N–H and O–H groups in total. The molecule has 7 heteroatoms. The van der Waals surface area contributed by atoms with Crippen LogP contribution in [-0.4, -0.2) is 12.0 Å². The molecule has 110 valence electrons. The lowest BCUT2D eigenvalue weighted by molar-refractivity contribution is -0.385. The van der Waals surface area contributed by atoms with Crippen molar-refractivity contribution in [2.24, 2.45) is 0 Å². The predicted octanol–water partition coefficient (Wildman–Crippen LogP) is 3.90. The van der Waals surface area contributed by atoms with Crippen molar-refractivity contribution < 1.29 is 14.1 Å². The van der Waals surface area contributed by atoms with Crippen LogP contribution in [0.2, 0.25) is 5.02 Å². The van der Waals surface area contributed by atoms with E-state index < -0.39 is 10.7 Å². The van der Waals surface area contributed by atoms with Crippen molar-refractivity contribution in [2.75, 3.05) is 7.05 Å². The average molecular weight is 311 g/mol. The molecule has 2 rings (SSSR count). The van der Waals surface area contributed by atoms with E-state index >= 15 is 0 Å². The van der Waals surface area contributed by atoms with Gasteiger partial charge in [0, 0.05) is 17.6 Å². The van der Waals surface area contributed by atoms with Crippen molar-refractivity contribution in [1.82, 2.24) is 5.32 Å². The fraction of sp³-hybridized carbons (Fsp3) is 0.143. The zero-order valence-corrected chi connectivity index (χ0v) is 11.9. The minimum Gasteiger partial charge on any atom is -0.447 e. The summed E-state index contributed by atoms with van der Waals surface area (Å²) in [5.74, 6) is -0.739. The first-order valence-electron chi connectivity index (χ1n) is 6.06. The number of hydrogen-bond acceptors (Lipinski definition) is 4. The highest BCUT2D eigenvalue weighted by Crippen LogP contribution is 2.34. The Kier molecular flexibility index (Phi) is 4.72. The largest absolute Gasteiger partial charge is 0.447 e. The lowest BCUT2D eigenvalue weighted by Gasteiger charge is -2.09. The molecule has 0 fully saturated rings. The fourth-order valence-corrected chi connectivity index (χ4v) is 1.95. The minimum absolute atomic E-state index is 0.0651. The van der Waals surface area contributed by atoms with Crippen molar-refractivity contribution in [2.45, 2.75) is 6.54 Å². The number of nitrogens with one attached hydrogen (secondary N) is 1. The molecule has 2 aromatic rings. The van der Waals surface area contributed by atoms with Crippen molar-refractivity contribution in [1.29, 1.82) is 0 Å². The molecule has 0 aliphatic rings. The second kappa shape index (κ2) is 6.51. The molecule has 0 aliphatic heterocycles. The highest BCUT2D eigenvalue weighted by atomic mass is 35.5. The predicted molar refractivity (Wildman–Crippen MR) is 77.3 cm³/mol. The van der Waals surface area contributed by atoms with Gasteiger partial charge in [0.25, 0.3) is 0 Å². The van der Waals surface area contributed by atoms with Crippen LogP contribution in [0, 0.1) is 15.9 Å². The Morgan fingerprint density at radius 2 is 2.00 bits per heavy atom. The topological polar surface area (TPSA) is 64.4 Å². The Morgan fingerprint density at radius 1 is 1.29 bits per heavy atom. The highest BCUT2D eigenvalue weighted by molar-refractivity contribution is 6.30. The van der Waals surface area contributed by atoms with Crippen LogP contribution in [0.25, 0.3) is 0 Å². The molecule has 0 saturated carbocycles. The van der Waals surface area contributed by atoms with E-state index in [9.17, 15) is 14.5 Å². The second-order valence-electron chi connectivity index (χ2n) is 4.27. The number of ether oxygens (including phenoxy) is 1. The van der Waals surface area contributed by atoms with Gasteiger partial charge in [-0.2, -0.15) is 0 Å². The molecule has 0 saturated heterocycles. The van der Waals surface area contributed by atoms with Gasteiger partial charge in [0.05, 0.1) is 4.92 Å². The minimum atomic E-state index is -0.630. The van der Waals surface area contributed by atoms with Gasteiger partial charge >= 0.3 is 5.69 Å². The molecule has 5 nitrogen and oxygen atoms in total. The first kappa shape index (κ1) is 15.2. The summed E-state index contributed by atoms with van der Waals surface area (Å²) in [4.78, 5) is 10.3. The van der Waals surface area contributed by atoms with E-state index in [0.29, 0.717) is 6.54 Å². The number of rotatable bonds is 5. The maximum Gasteiger partial charge on any atom is 0.313 e. The van der Waals surface area contributed by atoms with Gasteiger partial charge in [-0.05, 0) is 36.9 Å². The summed E-state index contributed by atoms with van der Waals surface area (Å²) in [6.45, 7) is 0.512. The zero-order valence-electron chi connectivity index (χ0n) is 11.1. The molecule has 21 heavy (non-hydrogen) atoms. The standard InChI is InChI=1S/C14H12ClFN2O3/c1-17-8-9-2-4-13(11(16)6-9)21-14-5-3-10(15)7-12(14)18(19)20/h2-7,17H,8H2,1H3. The molecule has 0 radical (unpaired) electrons. The van der Waals surface area contributed by atoms with E-state index in [2.05, 4.69) is 5.32 Å². The molecule has 0 aromatic heterocycles. The number of hydrogen-bond donors (Lipinski definition) is 1. The van der Waals surface area contributed by atoms with E-state index in [1.54, 1.807) is 13.1 Å². The Morgan fingerprint density at radius 3 is 2.62 bits per heavy atom. The summed E-state index contributed by atoms with van der Waals surface area (Å²) in [6.07, 6.45) is 0. The second-order valence-corrected chi connectivity index (χ2v) is 4.70. The van der Waals surface area contributed by atoms with Gasteiger partial charge in [0.1, 0.15) is 0 Å². The van der Waals surface area contributed by atoms with Gasteiger partial charge in [-0.1, -0.05) is 17.7 Å². The van der Waals surface area contributed by atoms with Gasteiger partial charge in [-0.3, -0.25) is 10.1 Å². The smallest absolute Gasteiger partial charge is 0.313 e. The van der Waals surface area contributed by atoms with Crippen LogP contribution in [0.1, 0.15) is 5.56 Å². The number of nitrogens with zero attached hydrogens (tertiary/aromatic N) is 1. The van der Waals surface area contributed by atoms with E-state index in [1.807, 2.05) is 0 Å². The van der Waals surface area contributed by atoms with Crippen molar-refractivity contribution in [3.05, 3.63) is 62.9 Å². The molecule has 0 heterocycles. The van der Waals surface area contributed by atoms with Crippen LogP contribution in [0.5, 0.6) is 11.5 Å². The quantitative estimate of drug-likeness (QED) is 0.672. The Hall–Kier alpha value is -2.18. The molecular weight excluding hydrogens is 299 g/mol. The third-order valence-corrected chi connectivity index (χ3v) is 2.95. The monoisotopic (exact) mass is 310 g/mol. The van der Waals surface area contributed by atoms with Gasteiger partial charge in [0.2, 0.25) is 5.75 Å². The lowest BCUT2D eigenvalue weighted by atomic mass is 10.2. The van der Waals surface area contributed by atoms with Gasteiger partial charge in [0.15, 0.2) is 11.6 Å². The van der Waals surface area contributed by atoms with Crippen LogP contribution in [0.15, 0.2) is 36.4 Å². The maximum atomic E-state index is 13.9. The number of benzene rings is 2. The molecule has 0 unspecified atom stereocenters. The van der Waals surface area contributed by atoms with Crippen LogP contribution < -0.4 is 10.1 Å². The van der Waals surface area contributed by atoms with Crippen molar-refractivity contribution in [3.63, 3.8) is 0 Å². The molecule has 2 aromatic carbocycles. The first-order chi connectivity index (χ1) is 10.0. The Balaban J connectivity index is 2.32. The summed E-state index contributed by atoms with van der Waals surface area (Å²) >= 11 is 5.71. The molecule has 0 bridgehead atoms. The van der Waals surface area contributed by atoms with Crippen LogP contribution in [0.3, 0.4) is 0 Å². The van der Waals surface area contributed by atoms with Crippen LogP contribution in [-0.2, 0) is 6.54 Å². The van der Waals surface area contributed by atoms with E-state index in [0.717, 1.165) is 11.6 Å². The van der Waals surface area contributed by atoms with Crippen LogP contribution in [0.4, 0.5) is 10.1 Å². The summed E-state index contributed by atoms with van der Waals surface area (Å²) in [7, 11) is 1.75. The number of nitro groups is 1. The summed E-state index contributed by atoms with van der Waals surface area (Å²) < 4.78 is 19.2. The molecule has 0 spiro atoms. The van der Waals surface area contributed by atoms with E-state index in [1.165, 1.54) is 24.3 Å².